The second-order valence-corrected chi connectivity index (χ2v) is 4.10. The summed E-state index contributed by atoms with van der Waals surface area (Å²) in [6.07, 6.45) is 4.37. The monoisotopic (exact) mass is 190 g/mol. The smallest absolute Gasteiger partial charge is 0.242 e. The van der Waals surface area contributed by atoms with E-state index in [0.717, 1.165) is 25.0 Å². The minimum absolute atomic E-state index is 0.111. The molecule has 14 heavy (non-hydrogen) atoms. The minimum atomic E-state index is -0.480. The van der Waals surface area contributed by atoms with Gasteiger partial charge in [-0.05, 0) is 31.3 Å². The van der Waals surface area contributed by atoms with Gasteiger partial charge in [0, 0.05) is 11.6 Å². The van der Waals surface area contributed by atoms with E-state index in [4.69, 9.17) is 5.26 Å². The van der Waals surface area contributed by atoms with Crippen LogP contribution in [-0.4, -0.2) is 5.91 Å². The Kier molecular flexibility index (Phi) is 2.28. The van der Waals surface area contributed by atoms with E-state index < -0.39 is 5.92 Å². The second kappa shape index (κ2) is 3.45. The molecule has 1 amide bonds. The van der Waals surface area contributed by atoms with Crippen LogP contribution in [0.15, 0.2) is 11.3 Å². The summed E-state index contributed by atoms with van der Waals surface area (Å²) in [6.45, 7) is 1.99. The van der Waals surface area contributed by atoms with E-state index in [2.05, 4.69) is 11.4 Å². The van der Waals surface area contributed by atoms with Crippen molar-refractivity contribution in [3.8, 4) is 6.07 Å². The number of rotatable bonds is 0. The lowest BCUT2D eigenvalue weighted by atomic mass is 9.78. The van der Waals surface area contributed by atoms with Gasteiger partial charge in [-0.25, -0.2) is 0 Å². The molecule has 3 heteroatoms. The molecule has 1 aliphatic carbocycles. The lowest BCUT2D eigenvalue weighted by Gasteiger charge is -2.32. The van der Waals surface area contributed by atoms with Crippen LogP contribution in [-0.2, 0) is 4.79 Å². The topological polar surface area (TPSA) is 52.9 Å². The third-order valence-electron chi connectivity index (χ3n) is 3.26. The molecule has 1 heterocycles. The van der Waals surface area contributed by atoms with E-state index in [0.29, 0.717) is 0 Å². The number of hydrogen-bond donors (Lipinski definition) is 1. The van der Waals surface area contributed by atoms with Crippen LogP contribution in [0.25, 0.3) is 0 Å². The lowest BCUT2D eigenvalue weighted by molar-refractivity contribution is -0.124. The molecule has 0 saturated heterocycles. The fourth-order valence-corrected chi connectivity index (χ4v) is 2.40. The van der Waals surface area contributed by atoms with Crippen molar-refractivity contribution in [2.75, 3.05) is 0 Å². The van der Waals surface area contributed by atoms with E-state index in [1.807, 2.05) is 6.92 Å². The second-order valence-electron chi connectivity index (χ2n) is 4.10. The fraction of sp³-hybridized carbons (Fsp3) is 0.636. The molecule has 3 nitrogen and oxygen atoms in total. The van der Waals surface area contributed by atoms with Gasteiger partial charge in [-0.2, -0.15) is 5.26 Å². The average Bonchev–Trinajstić information content (AvgIpc) is 2.18. The van der Waals surface area contributed by atoms with Gasteiger partial charge < -0.3 is 5.32 Å². The zero-order valence-corrected chi connectivity index (χ0v) is 8.34. The third kappa shape index (κ3) is 1.31. The summed E-state index contributed by atoms with van der Waals surface area (Å²) in [5.41, 5.74) is 2.41. The van der Waals surface area contributed by atoms with Gasteiger partial charge >= 0.3 is 0 Å². The highest BCUT2D eigenvalue weighted by molar-refractivity contribution is 5.85. The van der Waals surface area contributed by atoms with Crippen LogP contribution in [0.5, 0.6) is 0 Å². The van der Waals surface area contributed by atoms with Crippen LogP contribution in [0, 0.1) is 23.2 Å². The summed E-state index contributed by atoms with van der Waals surface area (Å²) >= 11 is 0. The van der Waals surface area contributed by atoms with Gasteiger partial charge in [0.15, 0.2) is 0 Å². The van der Waals surface area contributed by atoms with Crippen molar-refractivity contribution in [3.63, 3.8) is 0 Å². The maximum atomic E-state index is 11.5. The molecule has 0 spiro atoms. The van der Waals surface area contributed by atoms with Gasteiger partial charge in [0.05, 0.1) is 6.07 Å². The molecule has 1 aliphatic heterocycles. The van der Waals surface area contributed by atoms with Crippen LogP contribution in [0.3, 0.4) is 0 Å². The Morgan fingerprint density at radius 2 is 2.14 bits per heavy atom. The summed E-state index contributed by atoms with van der Waals surface area (Å²) in [5, 5.41) is 11.8. The Bertz CT molecular complexity index is 338. The molecule has 0 bridgehead atoms. The van der Waals surface area contributed by atoms with Crippen LogP contribution < -0.4 is 5.32 Å². The van der Waals surface area contributed by atoms with Crippen molar-refractivity contribution in [3.05, 3.63) is 11.3 Å². The molecule has 2 atom stereocenters. The number of carbonyl (C=O) groups is 1. The number of amides is 1. The van der Waals surface area contributed by atoms with Crippen molar-refractivity contribution < 1.29 is 4.79 Å². The van der Waals surface area contributed by atoms with Crippen molar-refractivity contribution >= 4 is 5.91 Å². The van der Waals surface area contributed by atoms with Crippen molar-refractivity contribution in [2.45, 2.75) is 32.6 Å². The predicted molar refractivity (Wildman–Crippen MR) is 51.9 cm³/mol. The van der Waals surface area contributed by atoms with Gasteiger partial charge in [0.2, 0.25) is 5.91 Å². The molecule has 0 aromatic carbocycles. The van der Waals surface area contributed by atoms with Crippen LogP contribution >= 0.6 is 0 Å². The summed E-state index contributed by atoms with van der Waals surface area (Å²) in [5.74, 6) is -0.475. The van der Waals surface area contributed by atoms with Crippen LogP contribution in [0.4, 0.5) is 0 Å². The van der Waals surface area contributed by atoms with Gasteiger partial charge in [-0.3, -0.25) is 4.79 Å². The molecule has 2 aliphatic rings. The maximum absolute atomic E-state index is 11.5. The summed E-state index contributed by atoms with van der Waals surface area (Å²) in [7, 11) is 0. The van der Waals surface area contributed by atoms with E-state index in [1.165, 1.54) is 12.0 Å². The Morgan fingerprint density at radius 1 is 1.43 bits per heavy atom. The first-order valence-electron chi connectivity index (χ1n) is 5.16. The lowest BCUT2D eigenvalue weighted by Crippen LogP contribution is -2.40. The van der Waals surface area contributed by atoms with E-state index in [-0.39, 0.29) is 11.8 Å². The summed E-state index contributed by atoms with van der Waals surface area (Å²) < 4.78 is 0. The Morgan fingerprint density at radius 3 is 2.86 bits per heavy atom. The first kappa shape index (κ1) is 9.26. The predicted octanol–water partition coefficient (Wildman–Crippen LogP) is 1.72. The fourth-order valence-electron chi connectivity index (χ4n) is 2.40. The van der Waals surface area contributed by atoms with E-state index in [9.17, 15) is 4.79 Å². The Balaban J connectivity index is 2.33. The quantitative estimate of drug-likeness (QED) is 0.632. The van der Waals surface area contributed by atoms with Gasteiger partial charge in [-0.15, -0.1) is 0 Å². The Labute approximate surface area is 83.8 Å². The number of carbonyl (C=O) groups excluding carboxylic acids is 1. The number of nitrogens with one attached hydrogen (secondary N) is 1. The SMILES string of the molecule is C[C@H]1C2=C(CCCC2)NC(=O)[C@H]1C#N. The molecule has 2 rings (SSSR count). The highest BCUT2D eigenvalue weighted by Crippen LogP contribution is 2.35. The first-order valence-corrected chi connectivity index (χ1v) is 5.16. The molecule has 0 unspecified atom stereocenters. The summed E-state index contributed by atoms with van der Waals surface area (Å²) in [6, 6.07) is 2.09. The van der Waals surface area contributed by atoms with E-state index >= 15 is 0 Å². The van der Waals surface area contributed by atoms with Gasteiger partial charge in [-0.1, -0.05) is 6.92 Å². The van der Waals surface area contributed by atoms with Crippen LogP contribution in [0.1, 0.15) is 32.6 Å². The van der Waals surface area contributed by atoms with Crippen molar-refractivity contribution in [2.24, 2.45) is 11.8 Å². The third-order valence-corrected chi connectivity index (χ3v) is 3.26. The van der Waals surface area contributed by atoms with E-state index in [1.54, 1.807) is 0 Å². The highest BCUT2D eigenvalue weighted by Gasteiger charge is 2.35. The summed E-state index contributed by atoms with van der Waals surface area (Å²) in [4.78, 5) is 11.5. The molecular formula is C11H14N2O. The number of nitrogens with zero attached hydrogens (tertiary/aromatic N) is 1. The minimum Gasteiger partial charge on any atom is -0.329 e. The largest absolute Gasteiger partial charge is 0.329 e. The number of nitriles is 1. The Hall–Kier alpha value is -1.30. The number of hydrogen-bond acceptors (Lipinski definition) is 2. The molecule has 0 fully saturated rings. The molecule has 0 radical (unpaired) electrons. The molecule has 1 N–H and O–H groups in total. The normalized spacial score (nSPS) is 31.9. The zero-order valence-electron chi connectivity index (χ0n) is 8.34. The molecule has 0 aromatic rings. The molecule has 74 valence electrons. The zero-order chi connectivity index (χ0) is 10.1. The van der Waals surface area contributed by atoms with Crippen LogP contribution in [0.2, 0.25) is 0 Å². The maximum Gasteiger partial charge on any atom is 0.242 e. The van der Waals surface area contributed by atoms with Crippen molar-refractivity contribution in [1.29, 1.82) is 5.26 Å². The highest BCUT2D eigenvalue weighted by atomic mass is 16.2. The molecule has 0 saturated carbocycles. The number of allylic oxidation sites excluding steroid dienone is 2. The van der Waals surface area contributed by atoms with Gasteiger partial charge in [0.25, 0.3) is 0 Å². The molecule has 0 aromatic heterocycles. The first-order chi connectivity index (χ1) is 6.74. The standard InChI is InChI=1S/C11H14N2O/c1-7-8-4-2-3-5-10(8)13-11(14)9(7)6-12/h7,9H,2-5H2,1H3,(H,13,14)/t7-,9-/m0/s1. The van der Waals surface area contributed by atoms with Crippen molar-refractivity contribution in [1.82, 2.24) is 5.32 Å². The molecular weight excluding hydrogens is 176 g/mol. The van der Waals surface area contributed by atoms with Gasteiger partial charge in [0.1, 0.15) is 5.92 Å². The average molecular weight is 190 g/mol.